The highest BCUT2D eigenvalue weighted by Gasteiger charge is 2.28. The second-order valence-electron chi connectivity index (χ2n) is 4.59. The number of benzene rings is 1. The van der Waals surface area contributed by atoms with Gasteiger partial charge in [0.15, 0.2) is 0 Å². The van der Waals surface area contributed by atoms with Gasteiger partial charge in [-0.25, -0.2) is 0 Å². The Morgan fingerprint density at radius 2 is 1.76 bits per heavy atom. The first kappa shape index (κ1) is 16.1. The van der Waals surface area contributed by atoms with Gasteiger partial charge in [0.1, 0.15) is 0 Å². The number of aliphatic hydroxyl groups excluding tert-OH is 3. The summed E-state index contributed by atoms with van der Waals surface area (Å²) < 4.78 is 6.36. The largest absolute Gasteiger partial charge is 0.419 e. The molecular weight excluding hydrogens is 342 g/mol. The Morgan fingerprint density at radius 3 is 2.38 bits per heavy atom. The summed E-state index contributed by atoms with van der Waals surface area (Å²) in [6.07, 6.45) is 0. The van der Waals surface area contributed by atoms with Crippen LogP contribution < -0.4 is 5.32 Å². The van der Waals surface area contributed by atoms with Crippen LogP contribution in [0.5, 0.6) is 0 Å². The summed E-state index contributed by atoms with van der Waals surface area (Å²) in [6.45, 7) is -1.11. The molecule has 0 amide bonds. The Bertz CT molecular complexity index is 578. The van der Waals surface area contributed by atoms with Gasteiger partial charge in [-0.3, -0.25) is 5.32 Å². The fourth-order valence-corrected chi connectivity index (χ4v) is 2.10. The maximum Gasteiger partial charge on any atom is 0.248 e. The minimum absolute atomic E-state index is 0.124. The van der Waals surface area contributed by atoms with Crippen molar-refractivity contribution in [2.75, 3.05) is 19.8 Å². The fraction of sp³-hybridized carbons (Fsp3) is 0.385. The van der Waals surface area contributed by atoms with E-state index in [9.17, 15) is 15.3 Å². The Balaban J connectivity index is 2.09. The van der Waals surface area contributed by atoms with Crippen molar-refractivity contribution in [3.05, 3.63) is 34.6 Å². The Hall–Kier alpha value is -1.32. The van der Waals surface area contributed by atoms with Crippen molar-refractivity contribution in [2.24, 2.45) is 0 Å². The SMILES string of the molecule is OCC(CO)(CO)NCc1nnc(-c2ccccc2Br)o1. The number of halogens is 1. The number of rotatable bonds is 7. The molecule has 0 saturated carbocycles. The second kappa shape index (κ2) is 7.10. The Morgan fingerprint density at radius 1 is 1.10 bits per heavy atom. The standard InChI is InChI=1S/C13H16BrN3O4/c14-10-4-2-1-3-9(10)12-17-16-11(21-12)5-15-13(6-18,7-19)8-20/h1-4,15,18-20H,5-8H2. The fourth-order valence-electron chi connectivity index (χ4n) is 1.65. The summed E-state index contributed by atoms with van der Waals surface area (Å²) in [7, 11) is 0. The van der Waals surface area contributed by atoms with E-state index in [0.29, 0.717) is 11.8 Å². The average molecular weight is 358 g/mol. The van der Waals surface area contributed by atoms with E-state index in [2.05, 4.69) is 31.4 Å². The van der Waals surface area contributed by atoms with Gasteiger partial charge in [0.2, 0.25) is 11.8 Å². The molecule has 7 nitrogen and oxygen atoms in total. The predicted molar refractivity (Wildman–Crippen MR) is 78.3 cm³/mol. The molecule has 2 aromatic rings. The van der Waals surface area contributed by atoms with Crippen LogP contribution >= 0.6 is 15.9 Å². The number of hydrogen-bond donors (Lipinski definition) is 4. The normalized spacial score (nSPS) is 11.8. The van der Waals surface area contributed by atoms with Gasteiger partial charge >= 0.3 is 0 Å². The molecule has 0 aliphatic carbocycles. The van der Waals surface area contributed by atoms with E-state index in [0.717, 1.165) is 10.0 Å². The topological polar surface area (TPSA) is 112 Å². The van der Waals surface area contributed by atoms with E-state index in [1.807, 2.05) is 24.3 Å². The third kappa shape index (κ3) is 3.66. The minimum atomic E-state index is -1.18. The lowest BCUT2D eigenvalue weighted by Crippen LogP contribution is -2.54. The zero-order valence-corrected chi connectivity index (χ0v) is 12.7. The lowest BCUT2D eigenvalue weighted by molar-refractivity contribution is 0.0399. The Labute approximate surface area is 129 Å². The van der Waals surface area contributed by atoms with Gasteiger partial charge in [0, 0.05) is 4.47 Å². The van der Waals surface area contributed by atoms with E-state index in [1.165, 1.54) is 0 Å². The first-order chi connectivity index (χ1) is 10.1. The molecule has 4 N–H and O–H groups in total. The molecule has 8 heteroatoms. The molecule has 0 aliphatic rings. The van der Waals surface area contributed by atoms with Crippen molar-refractivity contribution < 1.29 is 19.7 Å². The number of aromatic nitrogens is 2. The van der Waals surface area contributed by atoms with Gasteiger partial charge in [0.25, 0.3) is 0 Å². The second-order valence-corrected chi connectivity index (χ2v) is 5.44. The summed E-state index contributed by atoms with van der Waals surface area (Å²) in [6, 6.07) is 7.45. The molecule has 114 valence electrons. The van der Waals surface area contributed by atoms with E-state index in [1.54, 1.807) is 0 Å². The van der Waals surface area contributed by atoms with E-state index < -0.39 is 25.4 Å². The minimum Gasteiger partial charge on any atom is -0.419 e. The van der Waals surface area contributed by atoms with Crippen molar-refractivity contribution >= 4 is 15.9 Å². The van der Waals surface area contributed by atoms with Gasteiger partial charge in [-0.05, 0) is 28.1 Å². The third-order valence-corrected chi connectivity index (χ3v) is 3.79. The van der Waals surface area contributed by atoms with Gasteiger partial charge in [0.05, 0.1) is 37.5 Å². The van der Waals surface area contributed by atoms with E-state index in [-0.39, 0.29) is 6.54 Å². The third-order valence-electron chi connectivity index (χ3n) is 3.09. The highest BCUT2D eigenvalue weighted by atomic mass is 79.9. The summed E-state index contributed by atoms with van der Waals surface area (Å²) >= 11 is 3.40. The van der Waals surface area contributed by atoms with Crippen LogP contribution in [-0.4, -0.2) is 50.9 Å². The molecule has 0 radical (unpaired) electrons. The summed E-state index contributed by atoms with van der Waals surface area (Å²) in [5.74, 6) is 0.655. The molecule has 1 aromatic carbocycles. The molecule has 0 saturated heterocycles. The summed E-state index contributed by atoms with van der Waals surface area (Å²) in [5.41, 5.74) is -0.406. The lowest BCUT2D eigenvalue weighted by atomic mass is 10.0. The quantitative estimate of drug-likeness (QED) is 0.563. The van der Waals surface area contributed by atoms with Gasteiger partial charge in [-0.1, -0.05) is 12.1 Å². The van der Waals surface area contributed by atoms with Crippen LogP contribution in [0.15, 0.2) is 33.2 Å². The molecule has 1 aromatic heterocycles. The van der Waals surface area contributed by atoms with Crippen LogP contribution in [0.25, 0.3) is 11.5 Å². The molecule has 0 spiro atoms. The maximum absolute atomic E-state index is 9.22. The first-order valence-corrected chi connectivity index (χ1v) is 7.08. The van der Waals surface area contributed by atoms with Crippen molar-refractivity contribution in [3.8, 4) is 11.5 Å². The molecule has 0 atom stereocenters. The van der Waals surface area contributed by atoms with Crippen molar-refractivity contribution in [1.82, 2.24) is 15.5 Å². The zero-order chi connectivity index (χ0) is 15.3. The first-order valence-electron chi connectivity index (χ1n) is 6.29. The van der Waals surface area contributed by atoms with Crippen molar-refractivity contribution in [1.29, 1.82) is 0 Å². The molecular formula is C13H16BrN3O4. The van der Waals surface area contributed by atoms with Crippen LogP contribution in [-0.2, 0) is 6.54 Å². The molecule has 0 aliphatic heterocycles. The van der Waals surface area contributed by atoms with Gasteiger partial charge in [-0.2, -0.15) is 0 Å². The smallest absolute Gasteiger partial charge is 0.248 e. The average Bonchev–Trinajstić information content (AvgIpc) is 2.98. The van der Waals surface area contributed by atoms with Crippen LogP contribution in [0.1, 0.15) is 5.89 Å². The van der Waals surface area contributed by atoms with Crippen molar-refractivity contribution in [2.45, 2.75) is 12.1 Å². The monoisotopic (exact) mass is 357 g/mol. The number of hydrogen-bond acceptors (Lipinski definition) is 7. The molecule has 2 rings (SSSR count). The molecule has 0 unspecified atom stereocenters. The van der Waals surface area contributed by atoms with E-state index >= 15 is 0 Å². The van der Waals surface area contributed by atoms with E-state index in [4.69, 9.17) is 4.42 Å². The number of nitrogens with one attached hydrogen (secondary N) is 1. The van der Waals surface area contributed by atoms with Crippen LogP contribution in [0.3, 0.4) is 0 Å². The molecule has 1 heterocycles. The molecule has 0 bridgehead atoms. The van der Waals surface area contributed by atoms with Crippen LogP contribution in [0.4, 0.5) is 0 Å². The highest BCUT2D eigenvalue weighted by molar-refractivity contribution is 9.10. The Kier molecular flexibility index (Phi) is 5.43. The summed E-state index contributed by atoms with van der Waals surface area (Å²) in [4.78, 5) is 0. The number of aliphatic hydroxyl groups is 3. The van der Waals surface area contributed by atoms with Crippen LogP contribution in [0, 0.1) is 0 Å². The van der Waals surface area contributed by atoms with Gasteiger partial charge in [-0.15, -0.1) is 10.2 Å². The highest BCUT2D eigenvalue weighted by Crippen LogP contribution is 2.26. The van der Waals surface area contributed by atoms with Gasteiger partial charge < -0.3 is 19.7 Å². The van der Waals surface area contributed by atoms with Crippen LogP contribution in [0.2, 0.25) is 0 Å². The predicted octanol–water partition coefficient (Wildman–Crippen LogP) is 0.304. The lowest BCUT2D eigenvalue weighted by Gasteiger charge is -2.27. The zero-order valence-electron chi connectivity index (χ0n) is 11.2. The summed E-state index contributed by atoms with van der Waals surface area (Å²) in [5, 5.41) is 38.3. The maximum atomic E-state index is 9.22. The molecule has 21 heavy (non-hydrogen) atoms. The molecule has 0 fully saturated rings. The van der Waals surface area contributed by atoms with Crippen molar-refractivity contribution in [3.63, 3.8) is 0 Å². The number of nitrogens with zero attached hydrogens (tertiary/aromatic N) is 2.